The number of carbonyl (C=O) groups excluding carboxylic acids is 2. The molecule has 0 amide bonds. The normalized spacial score (nSPS) is 14.5. The minimum Gasteiger partial charge on any atom is -0.462 e. The first-order valence-corrected chi connectivity index (χ1v) is 21.8. The summed E-state index contributed by atoms with van der Waals surface area (Å²) in [6, 6.07) is 0. The maximum Gasteiger partial charge on any atom is 0.469 e. The Morgan fingerprint density at radius 2 is 0.930 bits per heavy atom. The molecule has 0 aromatic carbocycles. The lowest BCUT2D eigenvalue weighted by molar-refractivity contribution is -0.161. The first kappa shape index (κ1) is 52.9. The smallest absolute Gasteiger partial charge is 0.462 e. The predicted molar refractivity (Wildman–Crippen MR) is 235 cm³/mol. The van der Waals surface area contributed by atoms with Crippen LogP contribution >= 0.6 is 7.82 Å². The van der Waals surface area contributed by atoms with Gasteiger partial charge in [0.05, 0.1) is 12.7 Å². The van der Waals surface area contributed by atoms with Gasteiger partial charge in [-0.2, -0.15) is 0 Å². The number of allylic oxidation sites excluding steroid dienone is 22. The van der Waals surface area contributed by atoms with Crippen molar-refractivity contribution in [2.24, 2.45) is 0 Å². The summed E-state index contributed by atoms with van der Waals surface area (Å²) < 4.78 is 26.2. The molecule has 0 rings (SSSR count). The van der Waals surface area contributed by atoms with E-state index in [0.717, 1.165) is 57.8 Å². The highest BCUT2D eigenvalue weighted by Gasteiger charge is 2.22. The van der Waals surface area contributed by atoms with E-state index in [1.807, 2.05) is 60.8 Å². The topological polar surface area (TPSA) is 140 Å². The number of phosphoric acid groups is 1. The first-order chi connectivity index (χ1) is 27.7. The van der Waals surface area contributed by atoms with Crippen LogP contribution in [0.3, 0.4) is 0 Å². The molecular formula is C47H69O9P. The molecule has 1 unspecified atom stereocenters. The molecule has 0 fully saturated rings. The molecule has 0 saturated carbocycles. The van der Waals surface area contributed by atoms with E-state index in [1.54, 1.807) is 6.08 Å². The van der Waals surface area contributed by atoms with E-state index >= 15 is 0 Å². The zero-order valence-electron chi connectivity index (χ0n) is 34.3. The van der Waals surface area contributed by atoms with Crippen LogP contribution in [0.25, 0.3) is 0 Å². The van der Waals surface area contributed by atoms with Crippen LogP contribution in [0.2, 0.25) is 0 Å². The molecule has 0 aromatic rings. The Kier molecular flexibility index (Phi) is 37.2. The summed E-state index contributed by atoms with van der Waals surface area (Å²) in [4.78, 5) is 42.8. The number of rotatable bonds is 34. The summed E-state index contributed by atoms with van der Waals surface area (Å²) in [5.41, 5.74) is 0. The van der Waals surface area contributed by atoms with Gasteiger partial charge in [-0.05, 0) is 83.5 Å². The highest BCUT2D eigenvalue weighted by molar-refractivity contribution is 7.46. The summed E-state index contributed by atoms with van der Waals surface area (Å²) in [5.74, 6) is -1.12. The number of carbonyl (C=O) groups is 2. The number of hydrogen-bond donors (Lipinski definition) is 3. The van der Waals surface area contributed by atoms with Gasteiger partial charge < -0.3 is 24.4 Å². The van der Waals surface area contributed by atoms with Gasteiger partial charge in [0, 0.05) is 12.8 Å². The van der Waals surface area contributed by atoms with Gasteiger partial charge in [-0.1, -0.05) is 160 Å². The van der Waals surface area contributed by atoms with Crippen LogP contribution in [0, 0.1) is 0 Å². The van der Waals surface area contributed by atoms with E-state index in [4.69, 9.17) is 19.3 Å². The van der Waals surface area contributed by atoms with Crippen molar-refractivity contribution in [1.82, 2.24) is 0 Å². The molecule has 0 saturated heterocycles. The maximum absolute atomic E-state index is 12.4. The molecule has 0 aliphatic carbocycles. The van der Waals surface area contributed by atoms with Crippen molar-refractivity contribution < 1.29 is 43.0 Å². The average Bonchev–Trinajstić information content (AvgIpc) is 3.18. The Morgan fingerprint density at radius 3 is 1.39 bits per heavy atom. The van der Waals surface area contributed by atoms with Gasteiger partial charge in [-0.25, -0.2) is 4.57 Å². The summed E-state index contributed by atoms with van der Waals surface area (Å²) >= 11 is 0. The second-order valence-corrected chi connectivity index (χ2v) is 13.9. The van der Waals surface area contributed by atoms with E-state index in [2.05, 4.69) is 97.4 Å². The summed E-state index contributed by atoms with van der Waals surface area (Å²) in [6.45, 7) is 3.21. The number of phosphoric ester groups is 1. The lowest BCUT2D eigenvalue weighted by Gasteiger charge is -2.18. The van der Waals surface area contributed by atoms with E-state index in [9.17, 15) is 19.3 Å². The second-order valence-electron chi connectivity index (χ2n) is 12.7. The van der Waals surface area contributed by atoms with Gasteiger partial charge in [0.1, 0.15) is 6.61 Å². The lowest BCUT2D eigenvalue weighted by atomic mass is 10.2. The summed E-state index contributed by atoms with van der Waals surface area (Å²) in [6.07, 6.45) is 57.8. The van der Waals surface area contributed by atoms with Crippen molar-refractivity contribution in [2.45, 2.75) is 122 Å². The quantitative estimate of drug-likeness (QED) is 0.0251. The molecule has 10 heteroatoms. The average molecular weight is 809 g/mol. The number of ether oxygens (including phenoxy) is 2. The molecule has 2 atom stereocenters. The van der Waals surface area contributed by atoms with Gasteiger partial charge in [-0.15, -0.1) is 0 Å². The molecule has 316 valence electrons. The number of hydrogen-bond acceptors (Lipinski definition) is 7. The summed E-state index contributed by atoms with van der Waals surface area (Å²) in [5, 5.41) is 9.82. The third kappa shape index (κ3) is 42.9. The van der Waals surface area contributed by atoms with Gasteiger partial charge in [0.25, 0.3) is 0 Å². The molecule has 0 aliphatic rings. The SMILES string of the molecule is CC/C=C\C/C=C\C/C=C\C/C=C\C/C=C\C/C=C\CCC(=O)OC[C@H](COP(=O)(O)O)OC(=O)CC/C=C\C/C=C\C/C=C\C/C=C/C=C/C(O)C/C=C\CC. The van der Waals surface area contributed by atoms with E-state index in [0.29, 0.717) is 25.7 Å². The molecule has 9 nitrogen and oxygen atoms in total. The van der Waals surface area contributed by atoms with Gasteiger partial charge in [0.15, 0.2) is 6.10 Å². The minimum atomic E-state index is -4.81. The number of esters is 2. The van der Waals surface area contributed by atoms with Crippen molar-refractivity contribution in [1.29, 1.82) is 0 Å². The van der Waals surface area contributed by atoms with Gasteiger partial charge in [0.2, 0.25) is 0 Å². The lowest BCUT2D eigenvalue weighted by Crippen LogP contribution is -2.29. The highest BCUT2D eigenvalue weighted by atomic mass is 31.2. The van der Waals surface area contributed by atoms with Crippen molar-refractivity contribution in [3.05, 3.63) is 146 Å². The van der Waals surface area contributed by atoms with Crippen molar-refractivity contribution in [3.63, 3.8) is 0 Å². The van der Waals surface area contributed by atoms with E-state index in [-0.39, 0.29) is 19.4 Å². The van der Waals surface area contributed by atoms with E-state index in [1.165, 1.54) is 0 Å². The second kappa shape index (κ2) is 40.1. The van der Waals surface area contributed by atoms with E-state index < -0.39 is 38.6 Å². The fraction of sp³-hybridized carbons (Fsp3) is 0.447. The van der Waals surface area contributed by atoms with Crippen LogP contribution in [0.1, 0.15) is 110 Å². The molecule has 0 spiro atoms. The largest absolute Gasteiger partial charge is 0.469 e. The standard InChI is InChI=1S/C47H69O9P/c1-3-5-7-8-9-10-11-12-13-14-15-16-17-20-23-26-29-32-36-40-46(49)54-42-45(43-55-57(51,52)53)56-47(50)41-37-33-30-27-24-21-18-19-22-25-28-31-35-39-44(48)38-34-6-4-2/h5-7,9-10,12-13,15-16,19-24,28-35,39,44-45,48H,3-4,8,11,14,17-18,25-27,36-38,40-43H2,1-2H3,(H2,51,52,53)/b7-5-,10-9-,13-12-,16-15-,22-19-,23-20-,24-21-,31-28+,32-29-,33-30-,34-6-,39-35+/t44?,45-/m1/s1. The molecule has 0 radical (unpaired) electrons. The molecular weight excluding hydrogens is 739 g/mol. The van der Waals surface area contributed by atoms with Crippen LogP contribution in [0.15, 0.2) is 146 Å². The highest BCUT2D eigenvalue weighted by Crippen LogP contribution is 2.35. The van der Waals surface area contributed by atoms with Crippen molar-refractivity contribution in [3.8, 4) is 0 Å². The van der Waals surface area contributed by atoms with Crippen molar-refractivity contribution in [2.75, 3.05) is 13.2 Å². The Balaban J connectivity index is 4.27. The molecule has 57 heavy (non-hydrogen) atoms. The monoisotopic (exact) mass is 808 g/mol. The Morgan fingerprint density at radius 1 is 0.526 bits per heavy atom. The zero-order valence-corrected chi connectivity index (χ0v) is 35.2. The maximum atomic E-state index is 12.4. The molecule has 0 heterocycles. The Bertz CT molecular complexity index is 1430. The fourth-order valence-electron chi connectivity index (χ4n) is 4.51. The van der Waals surface area contributed by atoms with Crippen LogP contribution in [-0.4, -0.2) is 52.3 Å². The Labute approximate surface area is 343 Å². The predicted octanol–water partition coefficient (Wildman–Crippen LogP) is 11.5. The minimum absolute atomic E-state index is 0.0452. The van der Waals surface area contributed by atoms with Crippen LogP contribution in [0.5, 0.6) is 0 Å². The Hall–Kier alpha value is -4.11. The number of aliphatic hydroxyl groups excluding tert-OH is 1. The van der Waals surface area contributed by atoms with Gasteiger partial charge >= 0.3 is 19.8 Å². The fourth-order valence-corrected chi connectivity index (χ4v) is 4.87. The molecule has 0 aliphatic heterocycles. The summed E-state index contributed by atoms with van der Waals surface area (Å²) in [7, 11) is -4.81. The first-order valence-electron chi connectivity index (χ1n) is 20.2. The molecule has 3 N–H and O–H groups in total. The van der Waals surface area contributed by atoms with Crippen LogP contribution < -0.4 is 0 Å². The van der Waals surface area contributed by atoms with Crippen LogP contribution in [0.4, 0.5) is 0 Å². The van der Waals surface area contributed by atoms with Crippen molar-refractivity contribution >= 4 is 19.8 Å². The third-order valence-corrected chi connectivity index (χ3v) is 7.95. The van der Waals surface area contributed by atoms with Crippen LogP contribution in [-0.2, 0) is 28.2 Å². The molecule has 0 aromatic heterocycles. The third-order valence-electron chi connectivity index (χ3n) is 7.46. The van der Waals surface area contributed by atoms with Gasteiger partial charge in [-0.3, -0.25) is 14.1 Å². The number of aliphatic hydroxyl groups is 1. The molecule has 0 bridgehead atoms. The zero-order chi connectivity index (χ0) is 41.9.